The van der Waals surface area contributed by atoms with Crippen molar-refractivity contribution in [3.05, 3.63) is 64.2 Å². The molecule has 40 heavy (non-hydrogen) atoms. The molecule has 2 rings (SSSR count). The fourth-order valence-corrected chi connectivity index (χ4v) is 4.94. The van der Waals surface area contributed by atoms with E-state index in [0.717, 1.165) is 16.7 Å². The van der Waals surface area contributed by atoms with Crippen molar-refractivity contribution in [1.29, 1.82) is 0 Å². The molecule has 0 aliphatic carbocycles. The van der Waals surface area contributed by atoms with Crippen molar-refractivity contribution in [2.24, 2.45) is 0 Å². The summed E-state index contributed by atoms with van der Waals surface area (Å²) in [6.45, 7) is 7.34. The number of aliphatic hydroxyl groups is 2. The predicted molar refractivity (Wildman–Crippen MR) is 137 cm³/mol. The summed E-state index contributed by atoms with van der Waals surface area (Å²) < 4.78 is 84.3. The summed E-state index contributed by atoms with van der Waals surface area (Å²) >= 11 is 0. The van der Waals surface area contributed by atoms with Gasteiger partial charge in [-0.3, -0.25) is 4.79 Å². The van der Waals surface area contributed by atoms with Gasteiger partial charge in [0.05, 0.1) is 6.10 Å². The Kier molecular flexibility index (Phi) is 10.7. The monoisotopic (exact) mass is 578 g/mol. The van der Waals surface area contributed by atoms with Crippen molar-refractivity contribution < 1.29 is 51.2 Å². The quantitative estimate of drug-likeness (QED) is 0.228. The molecule has 0 saturated heterocycles. The van der Waals surface area contributed by atoms with Gasteiger partial charge in [0.1, 0.15) is 12.4 Å². The molecule has 0 saturated carbocycles. The van der Waals surface area contributed by atoms with Crippen LogP contribution in [-0.4, -0.2) is 52.0 Å². The first-order chi connectivity index (χ1) is 18.4. The zero-order valence-corrected chi connectivity index (χ0v) is 22.9. The fraction of sp³-hybridized carbons (Fsp3) is 0.552. The third-order valence-electron chi connectivity index (χ3n) is 7.65. The van der Waals surface area contributed by atoms with E-state index in [1.54, 1.807) is 25.1 Å². The van der Waals surface area contributed by atoms with E-state index >= 15 is 0 Å². The SMILES string of the molecule is CCC(CC)(c1ccc(CCC(O)(C(F)(F)F)C(F)(F)F)c(C)c1)c1ccc(OC[C@H](O)CCC(=O)O)c(C)c1. The molecule has 0 heterocycles. The molecule has 2 aromatic rings. The summed E-state index contributed by atoms with van der Waals surface area (Å²) in [5.41, 5.74) is -1.95. The average molecular weight is 579 g/mol. The standard InChI is InChI=1S/C29H36F6O5/c1-5-26(6-2,22-9-11-24(19(4)16-22)40-17-23(36)10-12-25(37)38)21-8-7-20(18(3)15-21)13-14-27(39,28(30,31)32)29(33,34)35/h7-9,11,15-16,23,36,39H,5-6,10,12-14,17H2,1-4H3,(H,37,38)/t23-/m1/s1. The Morgan fingerprint density at radius 3 is 1.88 bits per heavy atom. The van der Waals surface area contributed by atoms with E-state index in [0.29, 0.717) is 24.2 Å². The summed E-state index contributed by atoms with van der Waals surface area (Å²) in [6, 6.07) is 10.5. The normalized spacial score (nSPS) is 13.8. The van der Waals surface area contributed by atoms with Gasteiger partial charge >= 0.3 is 18.3 Å². The lowest BCUT2D eigenvalue weighted by Crippen LogP contribution is -2.57. The van der Waals surface area contributed by atoms with E-state index in [1.807, 2.05) is 32.9 Å². The van der Waals surface area contributed by atoms with Crippen LogP contribution in [0.2, 0.25) is 0 Å². The lowest BCUT2D eigenvalue weighted by molar-refractivity contribution is -0.369. The molecule has 0 fully saturated rings. The molecule has 0 aliphatic heterocycles. The number of carboxylic acids is 1. The first-order valence-electron chi connectivity index (χ1n) is 13.0. The molecule has 2 aromatic carbocycles. The van der Waals surface area contributed by atoms with E-state index in [1.165, 1.54) is 6.07 Å². The molecule has 1 atom stereocenters. The summed E-state index contributed by atoms with van der Waals surface area (Å²) in [6.07, 6.45) is -13.6. The van der Waals surface area contributed by atoms with Gasteiger partial charge in [0.15, 0.2) is 0 Å². The highest BCUT2D eigenvalue weighted by molar-refractivity contribution is 5.66. The number of carbonyl (C=O) groups is 1. The van der Waals surface area contributed by atoms with Crippen LogP contribution in [0, 0.1) is 13.8 Å². The van der Waals surface area contributed by atoms with Crippen molar-refractivity contribution in [2.45, 2.75) is 95.7 Å². The third-order valence-corrected chi connectivity index (χ3v) is 7.65. The predicted octanol–water partition coefficient (Wildman–Crippen LogP) is 6.80. The van der Waals surface area contributed by atoms with E-state index in [2.05, 4.69) is 0 Å². The van der Waals surface area contributed by atoms with Crippen LogP contribution >= 0.6 is 0 Å². The number of hydrogen-bond acceptors (Lipinski definition) is 4. The van der Waals surface area contributed by atoms with E-state index in [9.17, 15) is 41.4 Å². The van der Waals surface area contributed by atoms with Gasteiger partial charge in [-0.25, -0.2) is 0 Å². The third kappa shape index (κ3) is 7.28. The van der Waals surface area contributed by atoms with Crippen LogP contribution in [0.15, 0.2) is 36.4 Å². The Morgan fingerprint density at radius 2 is 1.43 bits per heavy atom. The second-order valence-electron chi connectivity index (χ2n) is 10.2. The molecule has 0 aliphatic rings. The Bertz CT molecular complexity index is 1140. The van der Waals surface area contributed by atoms with E-state index in [-0.39, 0.29) is 25.0 Å². The van der Waals surface area contributed by atoms with Crippen LogP contribution in [-0.2, 0) is 16.6 Å². The number of hydrogen-bond donors (Lipinski definition) is 3. The number of aliphatic hydroxyl groups excluding tert-OH is 1. The highest BCUT2D eigenvalue weighted by Gasteiger charge is 2.69. The minimum Gasteiger partial charge on any atom is -0.491 e. The van der Waals surface area contributed by atoms with Crippen molar-refractivity contribution in [2.75, 3.05) is 6.61 Å². The minimum atomic E-state index is -5.86. The number of halogens is 6. The summed E-state index contributed by atoms with van der Waals surface area (Å²) in [4.78, 5) is 10.7. The van der Waals surface area contributed by atoms with Crippen molar-refractivity contribution in [1.82, 2.24) is 0 Å². The topological polar surface area (TPSA) is 87.0 Å². The van der Waals surface area contributed by atoms with Crippen LogP contribution in [0.4, 0.5) is 26.3 Å². The molecule has 0 spiro atoms. The molecule has 11 heteroatoms. The van der Waals surface area contributed by atoms with Crippen molar-refractivity contribution in [3.63, 3.8) is 0 Å². The Morgan fingerprint density at radius 1 is 0.900 bits per heavy atom. The number of carboxylic acid groups (broad SMARTS) is 1. The molecule has 0 aromatic heterocycles. The summed E-state index contributed by atoms with van der Waals surface area (Å²) in [5, 5.41) is 28.2. The van der Waals surface area contributed by atoms with Gasteiger partial charge in [-0.05, 0) is 79.8 Å². The van der Waals surface area contributed by atoms with Gasteiger partial charge in [0.25, 0.3) is 5.60 Å². The minimum absolute atomic E-state index is 0.0578. The number of aryl methyl sites for hydroxylation is 3. The molecule has 224 valence electrons. The number of rotatable bonds is 13. The Balaban J connectivity index is 2.31. The van der Waals surface area contributed by atoms with Crippen LogP contribution in [0.1, 0.15) is 73.8 Å². The van der Waals surface area contributed by atoms with Gasteiger partial charge in [-0.1, -0.05) is 44.2 Å². The number of ether oxygens (including phenoxy) is 1. The molecular weight excluding hydrogens is 542 g/mol. The largest absolute Gasteiger partial charge is 0.491 e. The zero-order chi connectivity index (χ0) is 30.5. The second-order valence-corrected chi connectivity index (χ2v) is 10.2. The number of aliphatic carboxylic acids is 1. The van der Waals surface area contributed by atoms with E-state index < -0.39 is 48.3 Å². The lowest BCUT2D eigenvalue weighted by atomic mass is 9.69. The first-order valence-corrected chi connectivity index (χ1v) is 13.0. The van der Waals surface area contributed by atoms with Crippen LogP contribution in [0.5, 0.6) is 5.75 Å². The molecule has 0 radical (unpaired) electrons. The highest BCUT2D eigenvalue weighted by atomic mass is 19.4. The molecule has 0 amide bonds. The van der Waals surface area contributed by atoms with E-state index in [4.69, 9.17) is 9.84 Å². The maximum atomic E-state index is 13.1. The first kappa shape index (κ1) is 33.4. The van der Waals surface area contributed by atoms with Gasteiger partial charge in [0, 0.05) is 11.8 Å². The second kappa shape index (κ2) is 12.8. The van der Waals surface area contributed by atoms with Crippen molar-refractivity contribution in [3.8, 4) is 5.75 Å². The Hall–Kier alpha value is -2.79. The average Bonchev–Trinajstić information content (AvgIpc) is 2.86. The Labute approximate surface area is 229 Å². The van der Waals surface area contributed by atoms with Crippen LogP contribution in [0.3, 0.4) is 0 Å². The van der Waals surface area contributed by atoms with Gasteiger partial charge in [-0.2, -0.15) is 26.3 Å². The fourth-order valence-electron chi connectivity index (χ4n) is 4.94. The number of alkyl halides is 6. The molecule has 3 N–H and O–H groups in total. The van der Waals surface area contributed by atoms with Crippen LogP contribution < -0.4 is 4.74 Å². The smallest absolute Gasteiger partial charge is 0.426 e. The maximum Gasteiger partial charge on any atom is 0.426 e. The summed E-state index contributed by atoms with van der Waals surface area (Å²) in [7, 11) is 0. The highest BCUT2D eigenvalue weighted by Crippen LogP contribution is 2.46. The summed E-state index contributed by atoms with van der Waals surface area (Å²) in [5.74, 6) is -0.491. The number of benzene rings is 2. The van der Waals surface area contributed by atoms with Gasteiger partial charge in [-0.15, -0.1) is 0 Å². The van der Waals surface area contributed by atoms with Gasteiger partial charge < -0.3 is 20.1 Å². The molecule has 0 bridgehead atoms. The lowest BCUT2D eigenvalue weighted by Gasteiger charge is -2.35. The molecular formula is C29H36F6O5. The van der Waals surface area contributed by atoms with Gasteiger partial charge in [0.2, 0.25) is 0 Å². The molecule has 0 unspecified atom stereocenters. The molecule has 5 nitrogen and oxygen atoms in total. The van der Waals surface area contributed by atoms with Crippen molar-refractivity contribution >= 4 is 5.97 Å². The maximum absolute atomic E-state index is 13.1. The van der Waals surface area contributed by atoms with Crippen LogP contribution in [0.25, 0.3) is 0 Å². The zero-order valence-electron chi connectivity index (χ0n) is 22.9.